The Kier molecular flexibility index (Phi) is 5.21. The summed E-state index contributed by atoms with van der Waals surface area (Å²) in [5.41, 5.74) is 0.383. The van der Waals surface area contributed by atoms with Crippen LogP contribution in [0.25, 0.3) is 0 Å². The lowest BCUT2D eigenvalue weighted by molar-refractivity contribution is 0.0316. The number of phenolic OH excluding ortho intramolecular Hbond substituents is 1. The first kappa shape index (κ1) is 16.5. The second kappa shape index (κ2) is 6.94. The van der Waals surface area contributed by atoms with Gasteiger partial charge in [0, 0.05) is 15.1 Å². The Morgan fingerprint density at radius 2 is 1.82 bits per heavy atom. The molecule has 0 unspecified atom stereocenters. The molecule has 0 saturated carbocycles. The van der Waals surface area contributed by atoms with Crippen molar-refractivity contribution in [2.45, 2.75) is 13.0 Å². The van der Waals surface area contributed by atoms with Crippen LogP contribution >= 0.6 is 27.5 Å². The van der Waals surface area contributed by atoms with Crippen molar-refractivity contribution in [3.63, 3.8) is 0 Å². The fourth-order valence-electron chi connectivity index (χ4n) is 1.80. The van der Waals surface area contributed by atoms with Crippen LogP contribution in [0.4, 0.5) is 0 Å². The summed E-state index contributed by atoms with van der Waals surface area (Å²) >= 11 is 8.97. The quantitative estimate of drug-likeness (QED) is 0.634. The number of hydrogen-bond donors (Lipinski definition) is 1. The minimum atomic E-state index is -0.980. The Balaban J connectivity index is 2.12. The minimum absolute atomic E-state index is 0.00914. The Hall–Kier alpha value is -1.85. The molecule has 2 aromatic carbocycles. The average Bonchev–Trinajstić information content (AvgIpc) is 2.49. The van der Waals surface area contributed by atoms with E-state index in [1.807, 2.05) is 0 Å². The summed E-state index contributed by atoms with van der Waals surface area (Å²) in [5, 5.41) is 10.2. The lowest BCUT2D eigenvalue weighted by atomic mass is 10.1. The number of phenols is 1. The molecule has 0 spiro atoms. The van der Waals surface area contributed by atoms with E-state index >= 15 is 0 Å². The van der Waals surface area contributed by atoms with Gasteiger partial charge in [0.15, 0.2) is 6.10 Å². The summed E-state index contributed by atoms with van der Waals surface area (Å²) < 4.78 is 5.74. The molecule has 0 heterocycles. The molecule has 0 aliphatic rings. The highest BCUT2D eigenvalue weighted by Gasteiger charge is 2.22. The number of ketones is 1. The minimum Gasteiger partial charge on any atom is -0.507 e. The molecule has 0 amide bonds. The molecule has 0 aliphatic carbocycles. The van der Waals surface area contributed by atoms with Gasteiger partial charge in [-0.05, 0) is 49.4 Å². The fourth-order valence-corrected chi connectivity index (χ4v) is 2.29. The molecular weight excluding hydrogens is 372 g/mol. The molecule has 22 heavy (non-hydrogen) atoms. The van der Waals surface area contributed by atoms with Gasteiger partial charge in [0.1, 0.15) is 11.3 Å². The highest BCUT2D eigenvalue weighted by Crippen LogP contribution is 2.23. The third-order valence-corrected chi connectivity index (χ3v) is 3.71. The fraction of sp³-hybridized carbons (Fsp3) is 0.125. The van der Waals surface area contributed by atoms with E-state index in [1.54, 1.807) is 30.3 Å². The summed E-state index contributed by atoms with van der Waals surface area (Å²) in [6.07, 6.45) is -0.980. The zero-order valence-electron chi connectivity index (χ0n) is 11.5. The first-order valence-corrected chi connectivity index (χ1v) is 7.55. The lowest BCUT2D eigenvalue weighted by Gasteiger charge is -2.13. The number of halogens is 2. The number of rotatable bonds is 4. The van der Waals surface area contributed by atoms with E-state index in [4.69, 9.17) is 16.3 Å². The number of carbonyl (C=O) groups excluding carboxylic acids is 2. The number of esters is 1. The van der Waals surface area contributed by atoms with Crippen molar-refractivity contribution in [3.05, 3.63) is 63.1 Å². The van der Waals surface area contributed by atoms with Crippen LogP contribution in [-0.4, -0.2) is 23.0 Å². The number of hydrogen-bond acceptors (Lipinski definition) is 4. The van der Waals surface area contributed by atoms with Gasteiger partial charge in [0.25, 0.3) is 0 Å². The SMILES string of the molecule is C[C@H](OC(=O)c1cc(Br)ccc1O)C(=O)c1ccc(Cl)cc1. The van der Waals surface area contributed by atoms with Crippen molar-refractivity contribution in [3.8, 4) is 5.75 Å². The smallest absolute Gasteiger partial charge is 0.342 e. The maximum Gasteiger partial charge on any atom is 0.342 e. The molecule has 2 rings (SSSR count). The van der Waals surface area contributed by atoms with E-state index in [9.17, 15) is 14.7 Å². The van der Waals surface area contributed by atoms with E-state index in [0.29, 0.717) is 15.1 Å². The zero-order chi connectivity index (χ0) is 16.3. The van der Waals surface area contributed by atoms with Gasteiger partial charge in [0.05, 0.1) is 0 Å². The highest BCUT2D eigenvalue weighted by molar-refractivity contribution is 9.10. The summed E-state index contributed by atoms with van der Waals surface area (Å²) in [6.45, 7) is 1.48. The van der Waals surface area contributed by atoms with Crippen LogP contribution in [0.5, 0.6) is 5.75 Å². The molecule has 114 valence electrons. The molecule has 1 atom stereocenters. The van der Waals surface area contributed by atoms with Crippen molar-refractivity contribution in [2.75, 3.05) is 0 Å². The Morgan fingerprint density at radius 1 is 1.18 bits per heavy atom. The molecule has 0 bridgehead atoms. The molecule has 1 N–H and O–H groups in total. The van der Waals surface area contributed by atoms with Crippen LogP contribution < -0.4 is 0 Å². The molecular formula is C16H12BrClO4. The standard InChI is InChI=1S/C16H12BrClO4/c1-9(15(20)10-2-5-12(18)6-3-10)22-16(21)13-8-11(17)4-7-14(13)19/h2-9,19H,1H3/t9-/m0/s1. The van der Waals surface area contributed by atoms with Crippen LogP contribution in [0, 0.1) is 0 Å². The van der Waals surface area contributed by atoms with Gasteiger partial charge in [0.2, 0.25) is 5.78 Å². The average molecular weight is 384 g/mol. The molecule has 0 saturated heterocycles. The number of aromatic hydroxyl groups is 1. The van der Waals surface area contributed by atoms with Crippen LogP contribution in [0.1, 0.15) is 27.6 Å². The van der Waals surface area contributed by atoms with Crippen molar-refractivity contribution >= 4 is 39.3 Å². The van der Waals surface area contributed by atoms with Crippen LogP contribution in [0.2, 0.25) is 5.02 Å². The van der Waals surface area contributed by atoms with E-state index in [0.717, 1.165) is 0 Å². The van der Waals surface area contributed by atoms with Gasteiger partial charge in [-0.2, -0.15) is 0 Å². The molecule has 6 heteroatoms. The first-order chi connectivity index (χ1) is 10.4. The van der Waals surface area contributed by atoms with Crippen molar-refractivity contribution in [1.82, 2.24) is 0 Å². The molecule has 0 aromatic heterocycles. The summed E-state index contributed by atoms with van der Waals surface area (Å²) in [7, 11) is 0. The Labute approximate surface area is 140 Å². The van der Waals surface area contributed by atoms with Gasteiger partial charge in [-0.1, -0.05) is 27.5 Å². The monoisotopic (exact) mass is 382 g/mol. The second-order valence-corrected chi connectivity index (χ2v) is 5.93. The van der Waals surface area contributed by atoms with E-state index in [-0.39, 0.29) is 17.1 Å². The molecule has 0 aliphatic heterocycles. The summed E-state index contributed by atoms with van der Waals surface area (Å²) in [4.78, 5) is 24.2. The Bertz CT molecular complexity index is 713. The summed E-state index contributed by atoms with van der Waals surface area (Å²) in [5.74, 6) is -1.33. The van der Waals surface area contributed by atoms with Crippen molar-refractivity contribution < 1.29 is 19.4 Å². The highest BCUT2D eigenvalue weighted by atomic mass is 79.9. The van der Waals surface area contributed by atoms with Crippen molar-refractivity contribution in [2.24, 2.45) is 0 Å². The largest absolute Gasteiger partial charge is 0.507 e. The first-order valence-electron chi connectivity index (χ1n) is 6.38. The molecule has 0 radical (unpaired) electrons. The topological polar surface area (TPSA) is 63.6 Å². The number of Topliss-reactive ketones (excluding diaryl/α,β-unsaturated/α-hetero) is 1. The number of carbonyl (C=O) groups is 2. The van der Waals surface area contributed by atoms with Gasteiger partial charge < -0.3 is 9.84 Å². The van der Waals surface area contributed by atoms with Crippen LogP contribution in [0.15, 0.2) is 46.9 Å². The maximum absolute atomic E-state index is 12.2. The Morgan fingerprint density at radius 3 is 2.45 bits per heavy atom. The van der Waals surface area contributed by atoms with Gasteiger partial charge in [-0.15, -0.1) is 0 Å². The van der Waals surface area contributed by atoms with Gasteiger partial charge in [-0.3, -0.25) is 4.79 Å². The molecule has 4 nitrogen and oxygen atoms in total. The third kappa shape index (κ3) is 3.87. The molecule has 2 aromatic rings. The number of benzene rings is 2. The van der Waals surface area contributed by atoms with Crippen LogP contribution in [0.3, 0.4) is 0 Å². The lowest BCUT2D eigenvalue weighted by Crippen LogP contribution is -2.24. The van der Waals surface area contributed by atoms with Crippen LogP contribution in [-0.2, 0) is 4.74 Å². The predicted octanol–water partition coefficient (Wildman–Crippen LogP) is 4.24. The van der Waals surface area contributed by atoms with E-state index in [2.05, 4.69) is 15.9 Å². The third-order valence-electron chi connectivity index (χ3n) is 2.96. The summed E-state index contributed by atoms with van der Waals surface area (Å²) in [6, 6.07) is 10.7. The van der Waals surface area contributed by atoms with E-state index < -0.39 is 12.1 Å². The zero-order valence-corrected chi connectivity index (χ0v) is 13.9. The maximum atomic E-state index is 12.2. The normalized spacial score (nSPS) is 11.8. The number of ether oxygens (including phenoxy) is 1. The van der Waals surface area contributed by atoms with Gasteiger partial charge >= 0.3 is 5.97 Å². The predicted molar refractivity (Wildman–Crippen MR) is 86.5 cm³/mol. The van der Waals surface area contributed by atoms with Crippen molar-refractivity contribution in [1.29, 1.82) is 0 Å². The van der Waals surface area contributed by atoms with Gasteiger partial charge in [-0.25, -0.2) is 4.79 Å². The molecule has 0 fully saturated rings. The van der Waals surface area contributed by atoms with E-state index in [1.165, 1.54) is 19.1 Å². The second-order valence-electron chi connectivity index (χ2n) is 4.58.